The van der Waals surface area contributed by atoms with Crippen LogP contribution in [0, 0.1) is 5.41 Å². The molecule has 0 aromatic carbocycles. The van der Waals surface area contributed by atoms with E-state index >= 15 is 0 Å². The number of rotatable bonds is 2. The SMILES string of the molecule is CC(C)=C([O-])OCC(C)(C)C.[Li+]. The van der Waals surface area contributed by atoms with Crippen molar-refractivity contribution in [1.82, 2.24) is 0 Å². The smallest absolute Gasteiger partial charge is 0.613 e. The van der Waals surface area contributed by atoms with E-state index in [9.17, 15) is 5.11 Å². The molecule has 0 aromatic heterocycles. The summed E-state index contributed by atoms with van der Waals surface area (Å²) in [5.41, 5.74) is 0.764. The fourth-order valence-electron chi connectivity index (χ4n) is 0.426. The van der Waals surface area contributed by atoms with Crippen molar-refractivity contribution in [1.29, 1.82) is 0 Å². The van der Waals surface area contributed by atoms with Crippen LogP contribution < -0.4 is 24.0 Å². The van der Waals surface area contributed by atoms with Gasteiger partial charge in [-0.15, -0.1) is 0 Å². The van der Waals surface area contributed by atoms with Crippen molar-refractivity contribution < 1.29 is 28.7 Å². The van der Waals surface area contributed by atoms with E-state index < -0.39 is 0 Å². The van der Waals surface area contributed by atoms with Crippen LogP contribution >= 0.6 is 0 Å². The normalized spacial score (nSPS) is 10.1. The van der Waals surface area contributed by atoms with Gasteiger partial charge in [0.2, 0.25) is 0 Å². The molecule has 0 bridgehead atoms. The summed E-state index contributed by atoms with van der Waals surface area (Å²) in [5, 5.41) is 10.9. The Morgan fingerprint density at radius 3 is 1.92 bits per heavy atom. The first-order chi connectivity index (χ1) is 4.83. The van der Waals surface area contributed by atoms with Gasteiger partial charge in [0.25, 0.3) is 0 Å². The molecule has 0 spiro atoms. The predicted molar refractivity (Wildman–Crippen MR) is 43.8 cm³/mol. The van der Waals surface area contributed by atoms with Crippen molar-refractivity contribution in [3.05, 3.63) is 11.5 Å². The molecule has 2 nitrogen and oxygen atoms in total. The molecule has 0 aliphatic heterocycles. The first-order valence-electron chi connectivity index (χ1n) is 3.80. The maximum atomic E-state index is 10.9. The van der Waals surface area contributed by atoms with Crippen LogP contribution in [0.15, 0.2) is 11.5 Å². The Morgan fingerprint density at radius 1 is 1.25 bits per heavy atom. The van der Waals surface area contributed by atoms with E-state index in [2.05, 4.69) is 0 Å². The van der Waals surface area contributed by atoms with Gasteiger partial charge >= 0.3 is 18.9 Å². The van der Waals surface area contributed by atoms with E-state index in [-0.39, 0.29) is 30.2 Å². The van der Waals surface area contributed by atoms with Crippen LogP contribution in [0.25, 0.3) is 0 Å². The average molecular weight is 164 g/mol. The van der Waals surface area contributed by atoms with Crippen LogP contribution in [0.1, 0.15) is 34.6 Å². The summed E-state index contributed by atoms with van der Waals surface area (Å²) in [6.07, 6.45) is 0. The third kappa shape index (κ3) is 8.04. The van der Waals surface area contributed by atoms with Crippen molar-refractivity contribution >= 4 is 0 Å². The molecule has 0 amide bonds. The maximum Gasteiger partial charge on any atom is 1.00 e. The van der Waals surface area contributed by atoms with Gasteiger partial charge in [-0.1, -0.05) is 26.3 Å². The Morgan fingerprint density at radius 2 is 1.67 bits per heavy atom. The van der Waals surface area contributed by atoms with E-state index in [0.29, 0.717) is 12.2 Å². The Kier molecular flexibility index (Phi) is 6.70. The van der Waals surface area contributed by atoms with Crippen LogP contribution in [0.5, 0.6) is 0 Å². The van der Waals surface area contributed by atoms with Crippen molar-refractivity contribution in [2.24, 2.45) is 5.41 Å². The molecule has 0 aromatic rings. The zero-order valence-electron chi connectivity index (χ0n) is 9.02. The molecule has 66 valence electrons. The van der Waals surface area contributed by atoms with E-state index in [1.54, 1.807) is 13.8 Å². The molecule has 0 rings (SSSR count). The van der Waals surface area contributed by atoms with Gasteiger partial charge in [-0.3, -0.25) is 0 Å². The van der Waals surface area contributed by atoms with Gasteiger partial charge in [-0.25, -0.2) is 0 Å². The Hall–Kier alpha value is -0.0626. The summed E-state index contributed by atoms with van der Waals surface area (Å²) in [5.74, 6) is -0.195. The second-order valence-electron chi connectivity index (χ2n) is 4.14. The fourth-order valence-corrected chi connectivity index (χ4v) is 0.426. The van der Waals surface area contributed by atoms with Gasteiger partial charge in [0.15, 0.2) is 0 Å². The zero-order chi connectivity index (χ0) is 9.07. The van der Waals surface area contributed by atoms with E-state index in [4.69, 9.17) is 4.74 Å². The molecular formula is C9H17LiO2. The summed E-state index contributed by atoms with van der Waals surface area (Å²) < 4.78 is 4.99. The molecule has 0 aliphatic carbocycles. The standard InChI is InChI=1S/C9H18O2.Li/c1-7(2)8(10)11-6-9(3,4)5;/h10H,6H2,1-5H3;/q;+1/p-1. The Bertz CT molecular complexity index is 152. The minimum Gasteiger partial charge on any atom is -0.613 e. The first kappa shape index (κ1) is 14.5. The molecule has 0 aliphatic rings. The summed E-state index contributed by atoms with van der Waals surface area (Å²) >= 11 is 0. The van der Waals surface area contributed by atoms with E-state index in [1.165, 1.54) is 0 Å². The molecule has 0 fully saturated rings. The molecule has 0 N–H and O–H groups in total. The molecule has 12 heavy (non-hydrogen) atoms. The summed E-state index contributed by atoms with van der Waals surface area (Å²) in [6, 6.07) is 0. The fraction of sp³-hybridized carbons (Fsp3) is 0.778. The Labute approximate surface area is 87.2 Å². The number of hydrogen-bond donors (Lipinski definition) is 0. The van der Waals surface area contributed by atoms with Crippen molar-refractivity contribution in [2.75, 3.05) is 6.61 Å². The predicted octanol–water partition coefficient (Wildman–Crippen LogP) is -1.34. The third-order valence-electron chi connectivity index (χ3n) is 1.04. The molecule has 0 atom stereocenters. The third-order valence-corrected chi connectivity index (χ3v) is 1.04. The Balaban J connectivity index is 0. The number of hydrogen-bond acceptors (Lipinski definition) is 2. The van der Waals surface area contributed by atoms with Crippen LogP contribution in [0.2, 0.25) is 0 Å². The summed E-state index contributed by atoms with van der Waals surface area (Å²) in [7, 11) is 0. The van der Waals surface area contributed by atoms with Gasteiger partial charge < -0.3 is 9.84 Å². The van der Waals surface area contributed by atoms with Crippen molar-refractivity contribution in [3.63, 3.8) is 0 Å². The van der Waals surface area contributed by atoms with E-state index in [1.807, 2.05) is 20.8 Å². The van der Waals surface area contributed by atoms with E-state index in [0.717, 1.165) is 0 Å². The monoisotopic (exact) mass is 164 g/mol. The molecular weight excluding hydrogens is 147 g/mol. The molecule has 0 unspecified atom stereocenters. The van der Waals surface area contributed by atoms with Gasteiger partial charge in [0.05, 0.1) is 0 Å². The topological polar surface area (TPSA) is 32.3 Å². The largest absolute Gasteiger partial charge is 1.00 e. The molecule has 0 radical (unpaired) electrons. The maximum absolute atomic E-state index is 10.9. The number of allylic oxidation sites excluding steroid dienone is 1. The van der Waals surface area contributed by atoms with Crippen LogP contribution in [0.3, 0.4) is 0 Å². The minimum absolute atomic E-state index is 0. The minimum atomic E-state index is -0.195. The quantitative estimate of drug-likeness (QED) is 0.374. The summed E-state index contributed by atoms with van der Waals surface area (Å²) in [6.45, 7) is 10.1. The van der Waals surface area contributed by atoms with Gasteiger partial charge in [0.1, 0.15) is 0 Å². The molecule has 3 heteroatoms. The summed E-state index contributed by atoms with van der Waals surface area (Å²) in [4.78, 5) is 0. The second-order valence-corrected chi connectivity index (χ2v) is 4.14. The molecule has 0 heterocycles. The van der Waals surface area contributed by atoms with Crippen molar-refractivity contribution in [3.8, 4) is 0 Å². The molecule has 0 saturated heterocycles. The van der Waals surface area contributed by atoms with Gasteiger partial charge in [-0.05, 0) is 25.9 Å². The van der Waals surface area contributed by atoms with Gasteiger partial charge in [-0.2, -0.15) is 0 Å². The van der Waals surface area contributed by atoms with Gasteiger partial charge in [0, 0.05) is 5.95 Å². The first-order valence-corrected chi connectivity index (χ1v) is 3.80. The zero-order valence-corrected chi connectivity index (χ0v) is 9.02. The number of ether oxygens (including phenoxy) is 1. The second kappa shape index (κ2) is 5.56. The van der Waals surface area contributed by atoms with Crippen LogP contribution in [-0.2, 0) is 4.74 Å². The average Bonchev–Trinajstić information content (AvgIpc) is 1.80. The van der Waals surface area contributed by atoms with Crippen molar-refractivity contribution in [2.45, 2.75) is 34.6 Å². The van der Waals surface area contributed by atoms with Crippen LogP contribution in [-0.4, -0.2) is 6.61 Å². The molecule has 0 saturated carbocycles. The van der Waals surface area contributed by atoms with Crippen LogP contribution in [0.4, 0.5) is 0 Å².